The Labute approximate surface area is 62.8 Å². The second kappa shape index (κ2) is 2.34. The normalized spacial score (nSPS) is 9.80. The van der Waals surface area contributed by atoms with Gasteiger partial charge in [0.2, 0.25) is 0 Å². The maximum absolute atomic E-state index is 10.2. The van der Waals surface area contributed by atoms with Gasteiger partial charge >= 0.3 is 0 Å². The minimum Gasteiger partial charge on any atom is -0.543 e. The fourth-order valence-corrected chi connectivity index (χ4v) is 0.977. The van der Waals surface area contributed by atoms with Crippen LogP contribution in [0.5, 0.6) is 0 Å². The first-order valence-electron chi connectivity index (χ1n) is 2.64. The summed E-state index contributed by atoms with van der Waals surface area (Å²) in [6.07, 6.45) is 1.51. The average Bonchev–Trinajstić information content (AvgIpc) is 2.10. The predicted molar refractivity (Wildman–Crippen MR) is 34.8 cm³/mol. The molecule has 0 spiro atoms. The highest BCUT2D eigenvalue weighted by Crippen LogP contribution is 2.11. The number of carboxylic acid groups (broad SMARTS) is 1. The number of nitrogens with zero attached hydrogens (tertiary/aromatic N) is 1. The van der Waals surface area contributed by atoms with Crippen LogP contribution in [0.4, 0.5) is 0 Å². The van der Waals surface area contributed by atoms with Gasteiger partial charge in [-0.3, -0.25) is 0 Å². The van der Waals surface area contributed by atoms with Crippen molar-refractivity contribution in [1.29, 1.82) is 0 Å². The van der Waals surface area contributed by atoms with Crippen molar-refractivity contribution in [3.05, 3.63) is 23.0 Å². The number of carboxylic acids is 1. The standard InChI is InChI=1S/C6H6ClNO2/c1-8-3-4(7)2-5(8)6(9)10/h2-3H,1H3,(H,9,10)/p-1. The molecule has 1 aromatic heterocycles. The summed E-state index contributed by atoms with van der Waals surface area (Å²) >= 11 is 5.50. The summed E-state index contributed by atoms with van der Waals surface area (Å²) in [6, 6.07) is 1.34. The van der Waals surface area contributed by atoms with E-state index in [1.165, 1.54) is 16.8 Å². The quantitative estimate of drug-likeness (QED) is 0.580. The first kappa shape index (κ1) is 7.15. The van der Waals surface area contributed by atoms with Gasteiger partial charge in [0.1, 0.15) is 0 Å². The van der Waals surface area contributed by atoms with Crippen molar-refractivity contribution in [2.45, 2.75) is 0 Å². The molecule has 0 bridgehead atoms. The van der Waals surface area contributed by atoms with Crippen LogP contribution in [0.2, 0.25) is 5.02 Å². The van der Waals surface area contributed by atoms with Crippen molar-refractivity contribution < 1.29 is 9.90 Å². The van der Waals surface area contributed by atoms with Crippen LogP contribution in [0.15, 0.2) is 12.3 Å². The molecule has 0 radical (unpaired) electrons. The molecule has 0 unspecified atom stereocenters. The molecular formula is C6H5ClNO2-. The smallest absolute Gasteiger partial charge is 0.0880 e. The number of hydrogen-bond acceptors (Lipinski definition) is 2. The summed E-state index contributed by atoms with van der Waals surface area (Å²) in [7, 11) is 1.59. The summed E-state index contributed by atoms with van der Waals surface area (Å²) < 4.78 is 1.40. The van der Waals surface area contributed by atoms with E-state index >= 15 is 0 Å². The number of rotatable bonds is 1. The predicted octanol–water partition coefficient (Wildman–Crippen LogP) is 0.0420. The molecule has 0 fully saturated rings. The Morgan fingerprint density at radius 2 is 2.40 bits per heavy atom. The van der Waals surface area contributed by atoms with Crippen LogP contribution in [0.1, 0.15) is 10.5 Å². The summed E-state index contributed by atoms with van der Waals surface area (Å²) in [5.41, 5.74) is 0.0880. The van der Waals surface area contributed by atoms with Gasteiger partial charge in [0, 0.05) is 13.2 Å². The van der Waals surface area contributed by atoms with Crippen molar-refractivity contribution in [2.24, 2.45) is 7.05 Å². The zero-order valence-corrected chi connectivity index (χ0v) is 6.05. The zero-order valence-electron chi connectivity index (χ0n) is 5.30. The Kier molecular flexibility index (Phi) is 1.68. The fourth-order valence-electron chi connectivity index (χ4n) is 0.727. The maximum atomic E-state index is 10.2. The topological polar surface area (TPSA) is 45.1 Å². The van der Waals surface area contributed by atoms with Crippen molar-refractivity contribution >= 4 is 17.6 Å². The maximum Gasteiger partial charge on any atom is 0.0880 e. The van der Waals surface area contributed by atoms with E-state index < -0.39 is 5.97 Å². The van der Waals surface area contributed by atoms with Gasteiger partial charge in [-0.05, 0) is 6.07 Å². The van der Waals surface area contributed by atoms with Crippen LogP contribution in [0.3, 0.4) is 0 Å². The van der Waals surface area contributed by atoms with Gasteiger partial charge < -0.3 is 14.5 Å². The molecule has 0 amide bonds. The number of carbonyl (C=O) groups excluding carboxylic acids is 1. The lowest BCUT2D eigenvalue weighted by atomic mass is 10.4. The van der Waals surface area contributed by atoms with Gasteiger partial charge in [-0.1, -0.05) is 11.6 Å². The summed E-state index contributed by atoms with van der Waals surface area (Å²) in [6.45, 7) is 0. The molecule has 0 atom stereocenters. The van der Waals surface area contributed by atoms with Gasteiger partial charge in [0.15, 0.2) is 0 Å². The molecule has 0 saturated carbocycles. The third-order valence-corrected chi connectivity index (χ3v) is 1.39. The molecule has 0 aromatic carbocycles. The van der Waals surface area contributed by atoms with Gasteiger partial charge in [0.05, 0.1) is 16.7 Å². The van der Waals surface area contributed by atoms with Crippen LogP contribution in [0.25, 0.3) is 0 Å². The molecule has 0 aliphatic rings. The van der Waals surface area contributed by atoms with Crippen LogP contribution in [0, 0.1) is 0 Å². The number of carbonyl (C=O) groups is 1. The molecule has 4 heteroatoms. The number of aromatic nitrogens is 1. The van der Waals surface area contributed by atoms with E-state index in [0.717, 1.165) is 0 Å². The van der Waals surface area contributed by atoms with Gasteiger partial charge in [-0.15, -0.1) is 0 Å². The first-order valence-corrected chi connectivity index (χ1v) is 3.02. The number of halogens is 1. The highest BCUT2D eigenvalue weighted by Gasteiger charge is 2.00. The van der Waals surface area contributed by atoms with E-state index in [4.69, 9.17) is 11.6 Å². The number of aryl methyl sites for hydroxylation is 1. The third kappa shape index (κ3) is 1.14. The monoisotopic (exact) mass is 158 g/mol. The van der Waals surface area contributed by atoms with Crippen LogP contribution >= 0.6 is 11.6 Å². The van der Waals surface area contributed by atoms with E-state index in [1.807, 2.05) is 0 Å². The zero-order chi connectivity index (χ0) is 7.72. The first-order chi connectivity index (χ1) is 4.61. The molecule has 0 aliphatic carbocycles. The van der Waals surface area contributed by atoms with Crippen LogP contribution < -0.4 is 5.11 Å². The fraction of sp³-hybridized carbons (Fsp3) is 0.167. The highest BCUT2D eigenvalue weighted by molar-refractivity contribution is 6.30. The number of hydrogen-bond donors (Lipinski definition) is 0. The van der Waals surface area contributed by atoms with Crippen molar-refractivity contribution in [1.82, 2.24) is 4.57 Å². The summed E-state index contributed by atoms with van der Waals surface area (Å²) in [4.78, 5) is 10.2. The van der Waals surface area contributed by atoms with E-state index in [9.17, 15) is 9.90 Å². The summed E-state index contributed by atoms with van der Waals surface area (Å²) in [5, 5.41) is 10.6. The molecule has 0 N–H and O–H groups in total. The molecule has 1 rings (SSSR count). The third-order valence-electron chi connectivity index (χ3n) is 1.18. The van der Waals surface area contributed by atoms with Gasteiger partial charge in [0.25, 0.3) is 0 Å². The van der Waals surface area contributed by atoms with E-state index in [0.29, 0.717) is 5.02 Å². The SMILES string of the molecule is Cn1cc(Cl)cc1C(=O)[O-]. The van der Waals surface area contributed by atoms with E-state index in [1.54, 1.807) is 7.05 Å². The van der Waals surface area contributed by atoms with Crippen LogP contribution in [-0.4, -0.2) is 10.5 Å². The molecule has 10 heavy (non-hydrogen) atoms. The lowest BCUT2D eigenvalue weighted by Gasteiger charge is -2.00. The lowest BCUT2D eigenvalue weighted by Crippen LogP contribution is -2.24. The molecule has 0 saturated heterocycles. The Hall–Kier alpha value is -0.960. The Bertz CT molecular complexity index is 267. The number of aromatic carboxylic acids is 1. The van der Waals surface area contributed by atoms with E-state index in [2.05, 4.69) is 0 Å². The highest BCUT2D eigenvalue weighted by atomic mass is 35.5. The second-order valence-electron chi connectivity index (χ2n) is 1.94. The van der Waals surface area contributed by atoms with Crippen molar-refractivity contribution in [3.63, 3.8) is 0 Å². The largest absolute Gasteiger partial charge is 0.543 e. The Morgan fingerprint density at radius 1 is 1.80 bits per heavy atom. The molecule has 3 nitrogen and oxygen atoms in total. The minimum absolute atomic E-state index is 0.0880. The Morgan fingerprint density at radius 3 is 2.60 bits per heavy atom. The molecular weight excluding hydrogens is 154 g/mol. The van der Waals surface area contributed by atoms with Crippen molar-refractivity contribution in [3.8, 4) is 0 Å². The van der Waals surface area contributed by atoms with Crippen molar-refractivity contribution in [2.75, 3.05) is 0 Å². The summed E-state index contributed by atoms with van der Waals surface area (Å²) in [5.74, 6) is -1.21. The average molecular weight is 159 g/mol. The molecule has 1 heterocycles. The van der Waals surface area contributed by atoms with E-state index in [-0.39, 0.29) is 5.69 Å². The Balaban J connectivity index is 3.15. The molecule has 1 aromatic rings. The molecule has 54 valence electrons. The van der Waals surface area contributed by atoms with Gasteiger partial charge in [-0.25, -0.2) is 0 Å². The van der Waals surface area contributed by atoms with Gasteiger partial charge in [-0.2, -0.15) is 0 Å². The molecule has 0 aliphatic heterocycles. The minimum atomic E-state index is -1.21. The van der Waals surface area contributed by atoms with Crippen LogP contribution in [-0.2, 0) is 7.05 Å². The second-order valence-corrected chi connectivity index (χ2v) is 2.38. The lowest BCUT2D eigenvalue weighted by molar-refractivity contribution is -0.255.